The summed E-state index contributed by atoms with van der Waals surface area (Å²) in [5.41, 5.74) is 5.24. The van der Waals surface area contributed by atoms with Gasteiger partial charge in [0, 0.05) is 0 Å². The van der Waals surface area contributed by atoms with E-state index in [-0.39, 0.29) is 18.2 Å². The zero-order valence-corrected chi connectivity index (χ0v) is 8.64. The maximum absolute atomic E-state index is 5.36. The lowest BCUT2D eigenvalue weighted by Crippen LogP contribution is -2.28. The molecule has 0 bridgehead atoms. The standard InChI is InChI=1S/C5H7Cl3N2.ClH/c1-2-3-10-4(9)5(6,7)8;/h2H,1,3H2,(H2,9,10);1H. The van der Waals surface area contributed by atoms with Crippen molar-refractivity contribution < 1.29 is 0 Å². The summed E-state index contributed by atoms with van der Waals surface area (Å²) in [6.07, 6.45) is 1.56. The van der Waals surface area contributed by atoms with Gasteiger partial charge in [0.2, 0.25) is 3.79 Å². The van der Waals surface area contributed by atoms with E-state index in [1.807, 2.05) is 0 Å². The van der Waals surface area contributed by atoms with Gasteiger partial charge in [-0.1, -0.05) is 40.9 Å². The number of alkyl halides is 3. The van der Waals surface area contributed by atoms with Crippen LogP contribution in [0.2, 0.25) is 0 Å². The third-order valence-electron chi connectivity index (χ3n) is 0.681. The van der Waals surface area contributed by atoms with E-state index in [2.05, 4.69) is 11.6 Å². The molecule has 0 saturated carbocycles. The van der Waals surface area contributed by atoms with Crippen molar-refractivity contribution in [3.05, 3.63) is 12.7 Å². The Bertz CT molecular complexity index is 149. The van der Waals surface area contributed by atoms with Gasteiger partial charge in [-0.2, -0.15) is 0 Å². The van der Waals surface area contributed by atoms with Crippen LogP contribution in [0.25, 0.3) is 0 Å². The van der Waals surface area contributed by atoms with E-state index in [9.17, 15) is 0 Å². The molecule has 0 aliphatic carbocycles. The lowest BCUT2D eigenvalue weighted by Gasteiger charge is -2.08. The summed E-state index contributed by atoms with van der Waals surface area (Å²) in [5.74, 6) is -0.0163. The largest absolute Gasteiger partial charge is 0.384 e. The molecular formula is C5H8Cl4N2. The molecule has 0 unspecified atom stereocenters. The first kappa shape index (κ1) is 13.9. The second kappa shape index (κ2) is 5.95. The average molecular weight is 238 g/mol. The molecule has 0 aromatic carbocycles. The minimum Gasteiger partial charge on any atom is -0.384 e. The van der Waals surface area contributed by atoms with Crippen molar-refractivity contribution in [1.29, 1.82) is 0 Å². The molecule has 2 N–H and O–H groups in total. The Balaban J connectivity index is 0. The van der Waals surface area contributed by atoms with E-state index < -0.39 is 3.79 Å². The molecule has 6 heteroatoms. The van der Waals surface area contributed by atoms with E-state index >= 15 is 0 Å². The van der Waals surface area contributed by atoms with Crippen molar-refractivity contribution in [2.75, 3.05) is 6.54 Å². The molecule has 0 aromatic heterocycles. The number of hydrogen-bond acceptors (Lipinski definition) is 1. The fraction of sp³-hybridized carbons (Fsp3) is 0.400. The van der Waals surface area contributed by atoms with Gasteiger partial charge in [-0.25, -0.2) is 0 Å². The first-order valence-corrected chi connectivity index (χ1v) is 3.60. The molecule has 0 amide bonds. The molecule has 0 atom stereocenters. The summed E-state index contributed by atoms with van der Waals surface area (Å²) in [7, 11) is 0. The van der Waals surface area contributed by atoms with Crippen LogP contribution >= 0.6 is 47.2 Å². The highest BCUT2D eigenvalue weighted by Crippen LogP contribution is 2.25. The molecule has 66 valence electrons. The Hall–Kier alpha value is 0.370. The summed E-state index contributed by atoms with van der Waals surface area (Å²) in [4.78, 5) is 3.69. The summed E-state index contributed by atoms with van der Waals surface area (Å²) in [6.45, 7) is 3.78. The molecule has 2 nitrogen and oxygen atoms in total. The van der Waals surface area contributed by atoms with Gasteiger partial charge in [0.05, 0.1) is 6.54 Å². The van der Waals surface area contributed by atoms with Gasteiger partial charge in [0.15, 0.2) is 0 Å². The zero-order chi connectivity index (χ0) is 8.20. The van der Waals surface area contributed by atoms with E-state index in [0.717, 1.165) is 0 Å². The number of aliphatic imine (C=N–C) groups is 1. The minimum absolute atomic E-state index is 0. The van der Waals surface area contributed by atoms with Crippen molar-refractivity contribution in [2.45, 2.75) is 3.79 Å². The fourth-order valence-corrected chi connectivity index (χ4v) is 0.432. The highest BCUT2D eigenvalue weighted by atomic mass is 35.6. The smallest absolute Gasteiger partial charge is 0.247 e. The van der Waals surface area contributed by atoms with Gasteiger partial charge in [-0.15, -0.1) is 19.0 Å². The van der Waals surface area contributed by atoms with Crippen LogP contribution in [-0.2, 0) is 0 Å². The lowest BCUT2D eigenvalue weighted by atomic mass is 10.6. The molecule has 0 saturated heterocycles. The third-order valence-corrected chi connectivity index (χ3v) is 1.26. The Kier molecular flexibility index (Phi) is 7.53. The summed E-state index contributed by atoms with van der Waals surface area (Å²) in [6, 6.07) is 0. The van der Waals surface area contributed by atoms with Gasteiger partial charge < -0.3 is 5.73 Å². The maximum atomic E-state index is 5.36. The van der Waals surface area contributed by atoms with Crippen molar-refractivity contribution in [3.8, 4) is 0 Å². The molecule has 0 aromatic rings. The highest BCUT2D eigenvalue weighted by Gasteiger charge is 2.24. The minimum atomic E-state index is -1.59. The zero-order valence-electron chi connectivity index (χ0n) is 5.56. The van der Waals surface area contributed by atoms with Crippen LogP contribution in [0.4, 0.5) is 0 Å². The second-order valence-electron chi connectivity index (χ2n) is 1.51. The Morgan fingerprint density at radius 2 is 2.00 bits per heavy atom. The van der Waals surface area contributed by atoms with Crippen molar-refractivity contribution in [1.82, 2.24) is 0 Å². The van der Waals surface area contributed by atoms with E-state index in [1.54, 1.807) is 6.08 Å². The predicted octanol–water partition coefficient (Wildman–Crippen LogP) is 2.32. The molecule has 0 radical (unpaired) electrons. The summed E-state index contributed by atoms with van der Waals surface area (Å²) in [5, 5.41) is 0. The first-order valence-electron chi connectivity index (χ1n) is 2.46. The third kappa shape index (κ3) is 6.76. The van der Waals surface area contributed by atoms with Crippen LogP contribution in [0.5, 0.6) is 0 Å². The van der Waals surface area contributed by atoms with E-state index in [1.165, 1.54) is 0 Å². The van der Waals surface area contributed by atoms with Crippen LogP contribution in [0.15, 0.2) is 17.6 Å². The lowest BCUT2D eigenvalue weighted by molar-refractivity contribution is 1.20. The van der Waals surface area contributed by atoms with Gasteiger partial charge in [-0.3, -0.25) is 4.99 Å². The number of nitrogens with two attached hydrogens (primary N) is 1. The molecule has 0 rings (SSSR count). The molecule has 0 aliphatic rings. The number of nitrogens with zero attached hydrogens (tertiary/aromatic N) is 1. The van der Waals surface area contributed by atoms with Crippen LogP contribution in [0, 0.1) is 0 Å². The second-order valence-corrected chi connectivity index (χ2v) is 3.79. The van der Waals surface area contributed by atoms with Gasteiger partial charge in [-0.05, 0) is 0 Å². The summed E-state index contributed by atoms with van der Waals surface area (Å²) >= 11 is 16.1. The van der Waals surface area contributed by atoms with Crippen molar-refractivity contribution >= 4 is 53.0 Å². The van der Waals surface area contributed by atoms with Crippen molar-refractivity contribution in [3.63, 3.8) is 0 Å². The number of hydrogen-bond donors (Lipinski definition) is 1. The number of amidine groups is 1. The Labute approximate surface area is 86.8 Å². The van der Waals surface area contributed by atoms with Gasteiger partial charge in [0.25, 0.3) is 0 Å². The fourth-order valence-electron chi connectivity index (χ4n) is 0.253. The predicted molar refractivity (Wildman–Crippen MR) is 54.2 cm³/mol. The molecule has 11 heavy (non-hydrogen) atoms. The molecule has 0 fully saturated rings. The van der Waals surface area contributed by atoms with Crippen LogP contribution in [-0.4, -0.2) is 16.2 Å². The Morgan fingerprint density at radius 1 is 1.55 bits per heavy atom. The SMILES string of the molecule is C=CCN=C(N)C(Cl)(Cl)Cl.Cl. The molecule has 0 heterocycles. The number of halogens is 4. The Morgan fingerprint density at radius 3 is 2.27 bits per heavy atom. The topological polar surface area (TPSA) is 38.4 Å². The van der Waals surface area contributed by atoms with Crippen LogP contribution in [0.1, 0.15) is 0 Å². The monoisotopic (exact) mass is 236 g/mol. The normalized spacial score (nSPS) is 12.1. The molecule has 0 spiro atoms. The highest BCUT2D eigenvalue weighted by molar-refractivity contribution is 6.76. The number of rotatable bonds is 2. The molecular weight excluding hydrogens is 230 g/mol. The van der Waals surface area contributed by atoms with E-state index in [0.29, 0.717) is 6.54 Å². The maximum Gasteiger partial charge on any atom is 0.247 e. The average Bonchev–Trinajstić information content (AvgIpc) is 1.80. The van der Waals surface area contributed by atoms with Gasteiger partial charge in [0.1, 0.15) is 5.84 Å². The molecule has 0 aliphatic heterocycles. The van der Waals surface area contributed by atoms with Gasteiger partial charge >= 0.3 is 0 Å². The van der Waals surface area contributed by atoms with Crippen LogP contribution < -0.4 is 5.73 Å². The quantitative estimate of drug-likeness (QED) is 0.341. The van der Waals surface area contributed by atoms with Crippen LogP contribution in [0.3, 0.4) is 0 Å². The van der Waals surface area contributed by atoms with E-state index in [4.69, 9.17) is 40.5 Å². The first-order chi connectivity index (χ1) is 4.48. The summed E-state index contributed by atoms with van der Waals surface area (Å²) < 4.78 is -1.59. The van der Waals surface area contributed by atoms with Crippen molar-refractivity contribution in [2.24, 2.45) is 10.7 Å².